The van der Waals surface area contributed by atoms with Gasteiger partial charge in [-0.25, -0.2) is 8.78 Å². The minimum Gasteiger partial charge on any atom is -0.466 e. The molecule has 0 radical (unpaired) electrons. The van der Waals surface area contributed by atoms with Gasteiger partial charge in [-0.15, -0.1) is 0 Å². The van der Waals surface area contributed by atoms with Gasteiger partial charge < -0.3 is 4.74 Å². The van der Waals surface area contributed by atoms with Crippen LogP contribution in [-0.4, -0.2) is 18.5 Å². The molecule has 0 N–H and O–H groups in total. The highest BCUT2D eigenvalue weighted by Crippen LogP contribution is 2.23. The molecule has 11 heavy (non-hydrogen) atoms. The maximum absolute atomic E-state index is 12.4. The molecule has 0 saturated heterocycles. The van der Waals surface area contributed by atoms with Crippen molar-refractivity contribution >= 4 is 5.97 Å². The Bertz CT molecular complexity index is 140. The van der Waals surface area contributed by atoms with Gasteiger partial charge in [0.25, 0.3) is 5.92 Å². The fraction of sp³-hybridized carbons (Fsp3) is 0.857. The minimum atomic E-state index is -2.99. The molecule has 0 saturated carbocycles. The van der Waals surface area contributed by atoms with E-state index in [0.717, 1.165) is 6.92 Å². The van der Waals surface area contributed by atoms with Crippen molar-refractivity contribution < 1.29 is 18.3 Å². The van der Waals surface area contributed by atoms with E-state index < -0.39 is 17.8 Å². The van der Waals surface area contributed by atoms with Crippen LogP contribution in [0.15, 0.2) is 0 Å². The van der Waals surface area contributed by atoms with Gasteiger partial charge in [0.2, 0.25) is 0 Å². The van der Waals surface area contributed by atoms with Crippen LogP contribution in [0.5, 0.6) is 0 Å². The third kappa shape index (κ3) is 3.30. The van der Waals surface area contributed by atoms with Crippen LogP contribution in [-0.2, 0) is 9.53 Å². The van der Waals surface area contributed by atoms with Crippen LogP contribution in [0.1, 0.15) is 20.8 Å². The fourth-order valence-electron chi connectivity index (χ4n) is 0.474. The van der Waals surface area contributed by atoms with Crippen LogP contribution >= 0.6 is 0 Å². The van der Waals surface area contributed by atoms with Gasteiger partial charge in [-0.3, -0.25) is 4.79 Å². The smallest absolute Gasteiger partial charge is 0.314 e. The van der Waals surface area contributed by atoms with Gasteiger partial charge >= 0.3 is 5.97 Å². The number of halogens is 2. The van der Waals surface area contributed by atoms with E-state index >= 15 is 0 Å². The van der Waals surface area contributed by atoms with E-state index in [0.29, 0.717) is 6.92 Å². The quantitative estimate of drug-likeness (QED) is 0.598. The zero-order valence-electron chi connectivity index (χ0n) is 6.86. The SMILES string of the molecule is CCOC(=O)C(C)C(C)(F)F. The van der Waals surface area contributed by atoms with Crippen molar-refractivity contribution in [1.82, 2.24) is 0 Å². The van der Waals surface area contributed by atoms with E-state index in [-0.39, 0.29) is 6.61 Å². The van der Waals surface area contributed by atoms with Gasteiger partial charge in [0.15, 0.2) is 0 Å². The lowest BCUT2D eigenvalue weighted by Gasteiger charge is -2.16. The molecule has 66 valence electrons. The second kappa shape index (κ2) is 3.64. The molecule has 1 unspecified atom stereocenters. The maximum atomic E-state index is 12.4. The van der Waals surface area contributed by atoms with Gasteiger partial charge in [0.05, 0.1) is 6.61 Å². The Morgan fingerprint density at radius 1 is 1.64 bits per heavy atom. The van der Waals surface area contributed by atoms with Crippen LogP contribution in [0.25, 0.3) is 0 Å². The Labute approximate surface area is 64.5 Å². The van der Waals surface area contributed by atoms with Crippen molar-refractivity contribution in [3.63, 3.8) is 0 Å². The zero-order valence-corrected chi connectivity index (χ0v) is 6.86. The first kappa shape index (κ1) is 10.3. The lowest BCUT2D eigenvalue weighted by Crippen LogP contribution is -2.30. The average molecular weight is 166 g/mol. The Morgan fingerprint density at radius 2 is 2.09 bits per heavy atom. The monoisotopic (exact) mass is 166 g/mol. The lowest BCUT2D eigenvalue weighted by atomic mass is 10.1. The predicted octanol–water partition coefficient (Wildman–Crippen LogP) is 1.84. The molecule has 0 bridgehead atoms. The van der Waals surface area contributed by atoms with E-state index in [1.165, 1.54) is 0 Å². The predicted molar refractivity (Wildman–Crippen MR) is 36.4 cm³/mol. The second-order valence-corrected chi connectivity index (χ2v) is 2.43. The molecule has 0 aliphatic heterocycles. The largest absolute Gasteiger partial charge is 0.466 e. The number of carbonyl (C=O) groups is 1. The van der Waals surface area contributed by atoms with E-state index in [2.05, 4.69) is 4.74 Å². The summed E-state index contributed by atoms with van der Waals surface area (Å²) in [6.07, 6.45) is 0. The number of esters is 1. The molecule has 0 amide bonds. The molecular weight excluding hydrogens is 154 g/mol. The topological polar surface area (TPSA) is 26.3 Å². The molecule has 0 rings (SSSR count). The first-order valence-corrected chi connectivity index (χ1v) is 3.44. The molecule has 0 heterocycles. The van der Waals surface area contributed by atoms with Gasteiger partial charge in [-0.2, -0.15) is 0 Å². The summed E-state index contributed by atoms with van der Waals surface area (Å²) in [5.41, 5.74) is 0. The summed E-state index contributed by atoms with van der Waals surface area (Å²) in [7, 11) is 0. The highest BCUT2D eigenvalue weighted by atomic mass is 19.3. The summed E-state index contributed by atoms with van der Waals surface area (Å²) in [6, 6.07) is 0. The number of hydrogen-bond acceptors (Lipinski definition) is 2. The van der Waals surface area contributed by atoms with Gasteiger partial charge in [0.1, 0.15) is 5.92 Å². The van der Waals surface area contributed by atoms with Crippen LogP contribution in [0.4, 0.5) is 8.78 Å². The van der Waals surface area contributed by atoms with Gasteiger partial charge in [-0.05, 0) is 13.8 Å². The van der Waals surface area contributed by atoms with Gasteiger partial charge in [-0.1, -0.05) is 0 Å². The summed E-state index contributed by atoms with van der Waals surface area (Å²) >= 11 is 0. The second-order valence-electron chi connectivity index (χ2n) is 2.43. The molecule has 0 aromatic carbocycles. The minimum absolute atomic E-state index is 0.138. The van der Waals surface area contributed by atoms with Crippen molar-refractivity contribution in [3.8, 4) is 0 Å². The summed E-state index contributed by atoms with van der Waals surface area (Å²) in [4.78, 5) is 10.7. The first-order valence-electron chi connectivity index (χ1n) is 3.44. The Kier molecular flexibility index (Phi) is 3.42. The standard InChI is InChI=1S/C7H12F2O2/c1-4-11-6(10)5(2)7(3,8)9/h5H,4H2,1-3H3. The van der Waals surface area contributed by atoms with E-state index in [9.17, 15) is 13.6 Å². The molecular formula is C7H12F2O2. The van der Waals surface area contributed by atoms with Crippen LogP contribution < -0.4 is 0 Å². The Balaban J connectivity index is 4.03. The third-order valence-electron chi connectivity index (χ3n) is 1.40. The Hall–Kier alpha value is -0.670. The highest BCUT2D eigenvalue weighted by Gasteiger charge is 2.36. The normalized spacial score (nSPS) is 14.3. The van der Waals surface area contributed by atoms with Gasteiger partial charge in [0, 0.05) is 6.92 Å². The number of rotatable bonds is 3. The molecule has 0 fully saturated rings. The maximum Gasteiger partial charge on any atom is 0.314 e. The van der Waals surface area contributed by atoms with Crippen molar-refractivity contribution in [3.05, 3.63) is 0 Å². The van der Waals surface area contributed by atoms with Crippen molar-refractivity contribution in [2.75, 3.05) is 6.61 Å². The third-order valence-corrected chi connectivity index (χ3v) is 1.40. The number of alkyl halides is 2. The molecule has 0 spiro atoms. The summed E-state index contributed by atoms with van der Waals surface area (Å²) in [5, 5.41) is 0. The first-order chi connectivity index (χ1) is 4.89. The fourth-order valence-corrected chi connectivity index (χ4v) is 0.474. The molecule has 0 aromatic rings. The molecule has 1 atom stereocenters. The van der Waals surface area contributed by atoms with Crippen molar-refractivity contribution in [2.45, 2.75) is 26.7 Å². The number of ether oxygens (including phenoxy) is 1. The van der Waals surface area contributed by atoms with E-state index in [4.69, 9.17) is 0 Å². The van der Waals surface area contributed by atoms with Crippen LogP contribution in [0.3, 0.4) is 0 Å². The van der Waals surface area contributed by atoms with Crippen molar-refractivity contribution in [2.24, 2.45) is 5.92 Å². The van der Waals surface area contributed by atoms with Crippen molar-refractivity contribution in [1.29, 1.82) is 0 Å². The molecule has 0 aliphatic carbocycles. The van der Waals surface area contributed by atoms with E-state index in [1.807, 2.05) is 0 Å². The molecule has 0 aliphatic rings. The Morgan fingerprint density at radius 3 is 2.36 bits per heavy atom. The number of hydrogen-bond donors (Lipinski definition) is 0. The molecule has 2 nitrogen and oxygen atoms in total. The number of carbonyl (C=O) groups excluding carboxylic acids is 1. The highest BCUT2D eigenvalue weighted by molar-refractivity contribution is 5.73. The summed E-state index contributed by atoms with van der Waals surface area (Å²) in [5.74, 6) is -5.20. The summed E-state index contributed by atoms with van der Waals surface area (Å²) < 4.78 is 29.2. The lowest BCUT2D eigenvalue weighted by molar-refractivity contribution is -0.159. The van der Waals surface area contributed by atoms with Crippen LogP contribution in [0.2, 0.25) is 0 Å². The average Bonchev–Trinajstić information content (AvgIpc) is 1.85. The molecule has 0 aromatic heterocycles. The van der Waals surface area contributed by atoms with Crippen LogP contribution in [0, 0.1) is 5.92 Å². The zero-order chi connectivity index (χ0) is 9.07. The van der Waals surface area contributed by atoms with E-state index in [1.54, 1.807) is 6.92 Å². The molecule has 4 heteroatoms. The summed E-state index contributed by atoms with van der Waals surface area (Å²) in [6.45, 7) is 3.57.